The van der Waals surface area contributed by atoms with Gasteiger partial charge >= 0.3 is 0 Å². The zero-order valence-electron chi connectivity index (χ0n) is 26.5. The van der Waals surface area contributed by atoms with Gasteiger partial charge in [0.25, 0.3) is 0 Å². The molecule has 0 aliphatic rings. The van der Waals surface area contributed by atoms with Crippen molar-refractivity contribution < 1.29 is 4.42 Å². The summed E-state index contributed by atoms with van der Waals surface area (Å²) >= 11 is 1.86. The molecule has 0 radical (unpaired) electrons. The SMILES string of the molecule is c1ccc(-c2cccc(N(c3ccc(-c4ccc5sc6ccccc6c5c4)cc3)c3cccc4oc5c6ccccc6ccc5c34)c2)cc1. The monoisotopic (exact) mass is 643 g/mol. The molecule has 10 aromatic rings. The number of hydrogen-bond acceptors (Lipinski definition) is 3. The second-order valence-corrected chi connectivity index (χ2v) is 13.6. The molecule has 0 saturated heterocycles. The number of fused-ring (bicyclic) bond motifs is 8. The molecule has 8 aromatic carbocycles. The van der Waals surface area contributed by atoms with Crippen LogP contribution in [0.1, 0.15) is 0 Å². The van der Waals surface area contributed by atoms with Crippen LogP contribution in [-0.2, 0) is 0 Å². The molecule has 10 rings (SSSR count). The molecule has 49 heavy (non-hydrogen) atoms. The highest BCUT2D eigenvalue weighted by Gasteiger charge is 2.21. The van der Waals surface area contributed by atoms with Crippen LogP contribution >= 0.6 is 11.3 Å². The quantitative estimate of drug-likeness (QED) is 0.186. The fourth-order valence-electron chi connectivity index (χ4n) is 7.31. The zero-order chi connectivity index (χ0) is 32.3. The molecule has 0 unspecified atom stereocenters. The lowest BCUT2D eigenvalue weighted by Crippen LogP contribution is -2.10. The third-order valence-electron chi connectivity index (χ3n) is 9.65. The van der Waals surface area contributed by atoms with Crippen LogP contribution < -0.4 is 4.90 Å². The van der Waals surface area contributed by atoms with Gasteiger partial charge in [-0.3, -0.25) is 0 Å². The highest BCUT2D eigenvalue weighted by Crippen LogP contribution is 2.45. The van der Waals surface area contributed by atoms with Crippen molar-refractivity contribution in [3.63, 3.8) is 0 Å². The minimum Gasteiger partial charge on any atom is -0.455 e. The molecule has 3 heteroatoms. The van der Waals surface area contributed by atoms with Crippen molar-refractivity contribution in [3.8, 4) is 22.3 Å². The average molecular weight is 644 g/mol. The molecule has 0 amide bonds. The van der Waals surface area contributed by atoms with Gasteiger partial charge in [-0.1, -0.05) is 115 Å². The number of hydrogen-bond donors (Lipinski definition) is 0. The van der Waals surface area contributed by atoms with Gasteiger partial charge in [0.2, 0.25) is 0 Å². The largest absolute Gasteiger partial charge is 0.455 e. The van der Waals surface area contributed by atoms with Crippen molar-refractivity contribution >= 4 is 81.3 Å². The molecule has 0 aliphatic heterocycles. The molecule has 2 aromatic heterocycles. The maximum Gasteiger partial charge on any atom is 0.143 e. The molecule has 2 heterocycles. The van der Waals surface area contributed by atoms with Crippen LogP contribution in [0.15, 0.2) is 180 Å². The predicted molar refractivity (Wildman–Crippen MR) is 210 cm³/mol. The zero-order valence-corrected chi connectivity index (χ0v) is 27.3. The Bertz CT molecular complexity index is 2830. The van der Waals surface area contributed by atoms with Gasteiger partial charge in [0.15, 0.2) is 0 Å². The lowest BCUT2D eigenvalue weighted by Gasteiger charge is -2.27. The van der Waals surface area contributed by atoms with Crippen molar-refractivity contribution in [1.82, 2.24) is 0 Å². The Morgan fingerprint density at radius 1 is 0.408 bits per heavy atom. The van der Waals surface area contributed by atoms with Gasteiger partial charge in [0.1, 0.15) is 11.2 Å². The molecule has 0 N–H and O–H groups in total. The van der Waals surface area contributed by atoms with E-state index in [1.54, 1.807) is 0 Å². The second kappa shape index (κ2) is 11.2. The van der Waals surface area contributed by atoms with E-state index in [1.807, 2.05) is 11.3 Å². The minimum atomic E-state index is 0.876. The molecule has 0 atom stereocenters. The molecule has 0 spiro atoms. The van der Waals surface area contributed by atoms with Crippen LogP contribution in [0.25, 0.3) is 75.1 Å². The van der Waals surface area contributed by atoms with Gasteiger partial charge in [-0.15, -0.1) is 11.3 Å². The van der Waals surface area contributed by atoms with Gasteiger partial charge in [-0.05, 0) is 88.3 Å². The average Bonchev–Trinajstić information content (AvgIpc) is 3.75. The van der Waals surface area contributed by atoms with E-state index in [1.165, 1.54) is 47.8 Å². The fraction of sp³-hybridized carbons (Fsp3) is 0. The molecule has 0 saturated carbocycles. The third kappa shape index (κ3) is 4.62. The van der Waals surface area contributed by atoms with Crippen molar-refractivity contribution in [3.05, 3.63) is 176 Å². The third-order valence-corrected chi connectivity index (χ3v) is 10.8. The first kappa shape index (κ1) is 27.9. The number of anilines is 3. The van der Waals surface area contributed by atoms with Crippen LogP contribution in [0, 0.1) is 0 Å². The van der Waals surface area contributed by atoms with Gasteiger partial charge < -0.3 is 9.32 Å². The molecule has 0 bridgehead atoms. The summed E-state index contributed by atoms with van der Waals surface area (Å²) in [5.74, 6) is 0. The molecule has 0 fully saturated rings. The van der Waals surface area contributed by atoms with Gasteiger partial charge in [0.05, 0.1) is 11.1 Å². The van der Waals surface area contributed by atoms with E-state index in [9.17, 15) is 0 Å². The van der Waals surface area contributed by atoms with E-state index in [-0.39, 0.29) is 0 Å². The summed E-state index contributed by atoms with van der Waals surface area (Å²) in [4.78, 5) is 2.37. The number of rotatable bonds is 5. The number of nitrogens with zero attached hydrogens (tertiary/aromatic N) is 1. The summed E-state index contributed by atoms with van der Waals surface area (Å²) in [7, 11) is 0. The van der Waals surface area contributed by atoms with Crippen LogP contribution in [0.2, 0.25) is 0 Å². The van der Waals surface area contributed by atoms with E-state index in [0.717, 1.165) is 44.4 Å². The van der Waals surface area contributed by atoms with Gasteiger partial charge in [-0.25, -0.2) is 0 Å². The lowest BCUT2D eigenvalue weighted by molar-refractivity contribution is 0.672. The predicted octanol–water partition coefficient (Wildman–Crippen LogP) is 13.9. The molecular weight excluding hydrogens is 615 g/mol. The first-order valence-corrected chi connectivity index (χ1v) is 17.4. The van der Waals surface area contributed by atoms with E-state index in [4.69, 9.17) is 4.42 Å². The first-order chi connectivity index (χ1) is 24.3. The first-order valence-electron chi connectivity index (χ1n) is 16.6. The Kier molecular flexibility index (Phi) is 6.39. The van der Waals surface area contributed by atoms with Gasteiger partial charge in [-0.2, -0.15) is 0 Å². The fourth-order valence-corrected chi connectivity index (χ4v) is 8.40. The Balaban J connectivity index is 1.16. The minimum absolute atomic E-state index is 0.876. The Morgan fingerprint density at radius 2 is 1.10 bits per heavy atom. The molecule has 230 valence electrons. The van der Waals surface area contributed by atoms with Crippen molar-refractivity contribution in [2.24, 2.45) is 0 Å². The van der Waals surface area contributed by atoms with E-state index >= 15 is 0 Å². The maximum absolute atomic E-state index is 6.63. The Hall–Kier alpha value is -6.16. The number of benzene rings is 8. The van der Waals surface area contributed by atoms with Crippen LogP contribution in [0.5, 0.6) is 0 Å². The number of furan rings is 1. The van der Waals surface area contributed by atoms with Crippen LogP contribution in [-0.4, -0.2) is 0 Å². The van der Waals surface area contributed by atoms with Crippen molar-refractivity contribution in [1.29, 1.82) is 0 Å². The lowest BCUT2D eigenvalue weighted by atomic mass is 10.0. The second-order valence-electron chi connectivity index (χ2n) is 12.5. The summed E-state index contributed by atoms with van der Waals surface area (Å²) in [6, 6.07) is 63.2. The molecule has 0 aliphatic carbocycles. The summed E-state index contributed by atoms with van der Waals surface area (Å²) in [5, 5.41) is 7.15. The topological polar surface area (TPSA) is 16.4 Å². The summed E-state index contributed by atoms with van der Waals surface area (Å²) < 4.78 is 9.28. The highest BCUT2D eigenvalue weighted by atomic mass is 32.1. The van der Waals surface area contributed by atoms with E-state index in [2.05, 4.69) is 181 Å². The van der Waals surface area contributed by atoms with Crippen molar-refractivity contribution in [2.75, 3.05) is 4.90 Å². The maximum atomic E-state index is 6.63. The summed E-state index contributed by atoms with van der Waals surface area (Å²) in [6.07, 6.45) is 0. The summed E-state index contributed by atoms with van der Waals surface area (Å²) in [6.45, 7) is 0. The molecule has 2 nitrogen and oxygen atoms in total. The Labute approximate surface area is 287 Å². The standard InChI is InChI=1S/C46H29NOS/c1-2-10-30(11-3-1)33-13-8-14-36(28-33)47(41-17-9-18-42-45(41)39-26-22-32-12-4-5-15-37(32)46(39)48-42)35-24-20-31(21-25-35)34-23-27-44-40(29-34)38-16-6-7-19-43(38)49-44/h1-29H. The normalized spacial score (nSPS) is 11.7. The molecular formula is C46H29NOS. The highest BCUT2D eigenvalue weighted by molar-refractivity contribution is 7.25. The van der Waals surface area contributed by atoms with E-state index < -0.39 is 0 Å². The van der Waals surface area contributed by atoms with Crippen LogP contribution in [0.4, 0.5) is 17.1 Å². The van der Waals surface area contributed by atoms with Crippen LogP contribution in [0.3, 0.4) is 0 Å². The summed E-state index contributed by atoms with van der Waals surface area (Å²) in [5.41, 5.74) is 9.82. The van der Waals surface area contributed by atoms with Crippen molar-refractivity contribution in [2.45, 2.75) is 0 Å². The number of thiophene rings is 1. The van der Waals surface area contributed by atoms with Gasteiger partial charge in [0, 0.05) is 42.3 Å². The van der Waals surface area contributed by atoms with E-state index in [0.29, 0.717) is 0 Å². The Morgan fingerprint density at radius 3 is 2.00 bits per heavy atom. The smallest absolute Gasteiger partial charge is 0.143 e.